The van der Waals surface area contributed by atoms with E-state index in [-0.39, 0.29) is 5.78 Å². The molecule has 0 fully saturated rings. The summed E-state index contributed by atoms with van der Waals surface area (Å²) < 4.78 is 2.03. The summed E-state index contributed by atoms with van der Waals surface area (Å²) in [7, 11) is 0. The van der Waals surface area contributed by atoms with E-state index in [1.165, 1.54) is 0 Å². The van der Waals surface area contributed by atoms with Crippen molar-refractivity contribution in [1.82, 2.24) is 9.55 Å². The van der Waals surface area contributed by atoms with E-state index in [1.807, 2.05) is 41.1 Å². The predicted molar refractivity (Wildman–Crippen MR) is 66.9 cm³/mol. The molecule has 2 rings (SSSR count). The van der Waals surface area contributed by atoms with Gasteiger partial charge in [0.05, 0.1) is 6.33 Å². The van der Waals surface area contributed by atoms with Crippen molar-refractivity contribution in [2.75, 3.05) is 0 Å². The van der Waals surface area contributed by atoms with Crippen LogP contribution in [0.1, 0.15) is 29.6 Å². The highest BCUT2D eigenvalue weighted by atomic mass is 16.1. The Hall–Kier alpha value is -1.90. The lowest BCUT2D eigenvalue weighted by atomic mass is 10.1. The number of aryl methyl sites for hydroxylation is 1. The molecule has 1 heterocycles. The number of aromatic nitrogens is 2. The van der Waals surface area contributed by atoms with Crippen LogP contribution in [-0.2, 0) is 6.54 Å². The summed E-state index contributed by atoms with van der Waals surface area (Å²) >= 11 is 0. The van der Waals surface area contributed by atoms with Gasteiger partial charge in [-0.1, -0.05) is 30.3 Å². The molecule has 0 spiro atoms. The second-order valence-corrected chi connectivity index (χ2v) is 4.05. The quantitative estimate of drug-likeness (QED) is 0.563. The number of hydrogen-bond donors (Lipinski definition) is 0. The molecule has 1 aromatic heterocycles. The van der Waals surface area contributed by atoms with Crippen LogP contribution in [0.2, 0.25) is 0 Å². The first-order valence-electron chi connectivity index (χ1n) is 5.90. The van der Waals surface area contributed by atoms with Crippen molar-refractivity contribution in [1.29, 1.82) is 0 Å². The number of carbonyl (C=O) groups excluding carboxylic acids is 1. The van der Waals surface area contributed by atoms with Gasteiger partial charge >= 0.3 is 0 Å². The van der Waals surface area contributed by atoms with Crippen LogP contribution in [0.3, 0.4) is 0 Å². The Bertz CT molecular complexity index is 448. The van der Waals surface area contributed by atoms with Gasteiger partial charge < -0.3 is 4.57 Å². The van der Waals surface area contributed by atoms with Gasteiger partial charge in [-0.25, -0.2) is 4.98 Å². The zero-order valence-electron chi connectivity index (χ0n) is 9.75. The maximum atomic E-state index is 11.8. The van der Waals surface area contributed by atoms with Crippen LogP contribution in [0, 0.1) is 0 Å². The van der Waals surface area contributed by atoms with Gasteiger partial charge in [-0.05, 0) is 12.8 Å². The molecule has 0 aliphatic rings. The van der Waals surface area contributed by atoms with Crippen LogP contribution in [0.15, 0.2) is 49.1 Å². The molecular weight excluding hydrogens is 212 g/mol. The van der Waals surface area contributed by atoms with E-state index in [4.69, 9.17) is 0 Å². The molecule has 0 N–H and O–H groups in total. The van der Waals surface area contributed by atoms with Crippen molar-refractivity contribution >= 4 is 5.78 Å². The first-order chi connectivity index (χ1) is 8.36. The van der Waals surface area contributed by atoms with Gasteiger partial charge in [-0.2, -0.15) is 0 Å². The third-order valence-electron chi connectivity index (χ3n) is 2.73. The largest absolute Gasteiger partial charge is 0.337 e. The molecule has 3 nitrogen and oxygen atoms in total. The Balaban J connectivity index is 1.70. The van der Waals surface area contributed by atoms with Gasteiger partial charge in [0, 0.05) is 30.9 Å². The summed E-state index contributed by atoms with van der Waals surface area (Å²) in [4.78, 5) is 15.8. The minimum atomic E-state index is 0.233. The Morgan fingerprint density at radius 2 is 2.00 bits per heavy atom. The summed E-state index contributed by atoms with van der Waals surface area (Å²) in [6, 6.07) is 9.48. The first kappa shape index (κ1) is 11.6. The number of imidazole rings is 1. The number of carbonyl (C=O) groups is 1. The van der Waals surface area contributed by atoms with Crippen LogP contribution >= 0.6 is 0 Å². The molecule has 17 heavy (non-hydrogen) atoms. The number of ketones is 1. The third-order valence-corrected chi connectivity index (χ3v) is 2.73. The molecular formula is C14H16N2O. The van der Waals surface area contributed by atoms with E-state index in [9.17, 15) is 4.79 Å². The third kappa shape index (κ3) is 3.55. The summed E-state index contributed by atoms with van der Waals surface area (Å²) in [6.07, 6.45) is 8.08. The average molecular weight is 228 g/mol. The molecule has 0 saturated heterocycles. The van der Waals surface area contributed by atoms with Gasteiger partial charge in [0.15, 0.2) is 5.78 Å². The lowest BCUT2D eigenvalue weighted by molar-refractivity contribution is 0.0979. The number of benzene rings is 1. The standard InChI is InChI=1S/C14H16N2O/c17-14(13-6-2-1-3-7-13)8-4-5-10-16-11-9-15-12-16/h1-3,6-7,9,11-12H,4-5,8,10H2. The SMILES string of the molecule is O=C(CCCCn1ccnc1)c1ccccc1. The summed E-state index contributed by atoms with van der Waals surface area (Å²) in [5.74, 6) is 0.233. The molecule has 3 heteroatoms. The molecule has 0 aliphatic carbocycles. The molecule has 0 amide bonds. The summed E-state index contributed by atoms with van der Waals surface area (Å²) in [6.45, 7) is 0.933. The molecule has 88 valence electrons. The number of Topliss-reactive ketones (excluding diaryl/α,β-unsaturated/α-hetero) is 1. The Morgan fingerprint density at radius 1 is 1.18 bits per heavy atom. The van der Waals surface area contributed by atoms with Crippen LogP contribution in [0.25, 0.3) is 0 Å². The highest BCUT2D eigenvalue weighted by Crippen LogP contribution is 2.07. The fraction of sp³-hybridized carbons (Fsp3) is 0.286. The minimum absolute atomic E-state index is 0.233. The van der Waals surface area contributed by atoms with Crippen LogP contribution < -0.4 is 0 Å². The van der Waals surface area contributed by atoms with E-state index in [0.29, 0.717) is 6.42 Å². The van der Waals surface area contributed by atoms with E-state index >= 15 is 0 Å². The highest BCUT2D eigenvalue weighted by molar-refractivity contribution is 5.95. The molecule has 0 saturated carbocycles. The van der Waals surface area contributed by atoms with Gasteiger partial charge in [-0.15, -0.1) is 0 Å². The average Bonchev–Trinajstić information content (AvgIpc) is 2.88. The second-order valence-electron chi connectivity index (χ2n) is 4.05. The van der Waals surface area contributed by atoms with E-state index in [2.05, 4.69) is 4.98 Å². The maximum Gasteiger partial charge on any atom is 0.162 e. The van der Waals surface area contributed by atoms with E-state index < -0.39 is 0 Å². The molecule has 0 radical (unpaired) electrons. The Kier molecular flexibility index (Phi) is 4.08. The smallest absolute Gasteiger partial charge is 0.162 e. The number of unbranched alkanes of at least 4 members (excludes halogenated alkanes) is 1. The summed E-state index contributed by atoms with van der Waals surface area (Å²) in [5, 5.41) is 0. The lowest BCUT2D eigenvalue weighted by Crippen LogP contribution is -2.00. The van der Waals surface area contributed by atoms with Crippen molar-refractivity contribution < 1.29 is 4.79 Å². The topological polar surface area (TPSA) is 34.9 Å². The second kappa shape index (κ2) is 5.99. The van der Waals surface area contributed by atoms with Gasteiger partial charge in [-0.3, -0.25) is 4.79 Å². The lowest BCUT2D eigenvalue weighted by Gasteiger charge is -2.02. The van der Waals surface area contributed by atoms with Crippen LogP contribution in [0.5, 0.6) is 0 Å². The van der Waals surface area contributed by atoms with Crippen molar-refractivity contribution in [3.05, 3.63) is 54.6 Å². The minimum Gasteiger partial charge on any atom is -0.337 e. The number of nitrogens with zero attached hydrogens (tertiary/aromatic N) is 2. The normalized spacial score (nSPS) is 10.4. The van der Waals surface area contributed by atoms with Gasteiger partial charge in [0.2, 0.25) is 0 Å². The maximum absolute atomic E-state index is 11.8. The Morgan fingerprint density at radius 3 is 2.71 bits per heavy atom. The van der Waals surface area contributed by atoms with E-state index in [1.54, 1.807) is 12.5 Å². The predicted octanol–water partition coefficient (Wildman–Crippen LogP) is 2.94. The zero-order chi connectivity index (χ0) is 11.9. The van der Waals surface area contributed by atoms with Crippen molar-refractivity contribution in [3.8, 4) is 0 Å². The monoisotopic (exact) mass is 228 g/mol. The molecule has 0 unspecified atom stereocenters. The molecule has 0 atom stereocenters. The highest BCUT2D eigenvalue weighted by Gasteiger charge is 2.03. The molecule has 1 aromatic carbocycles. The fourth-order valence-electron chi connectivity index (χ4n) is 1.77. The fourth-order valence-corrected chi connectivity index (χ4v) is 1.77. The number of rotatable bonds is 6. The number of hydrogen-bond acceptors (Lipinski definition) is 2. The molecule has 2 aromatic rings. The molecule has 0 bridgehead atoms. The van der Waals surface area contributed by atoms with Crippen LogP contribution in [0.4, 0.5) is 0 Å². The van der Waals surface area contributed by atoms with Crippen molar-refractivity contribution in [2.45, 2.75) is 25.8 Å². The van der Waals surface area contributed by atoms with Gasteiger partial charge in [0.1, 0.15) is 0 Å². The Labute approximate surface area is 101 Å². The zero-order valence-corrected chi connectivity index (χ0v) is 9.75. The first-order valence-corrected chi connectivity index (χ1v) is 5.90. The van der Waals surface area contributed by atoms with Crippen molar-refractivity contribution in [3.63, 3.8) is 0 Å². The van der Waals surface area contributed by atoms with Gasteiger partial charge in [0.25, 0.3) is 0 Å². The van der Waals surface area contributed by atoms with Crippen LogP contribution in [-0.4, -0.2) is 15.3 Å². The van der Waals surface area contributed by atoms with Crippen molar-refractivity contribution in [2.24, 2.45) is 0 Å². The molecule has 0 aliphatic heterocycles. The van der Waals surface area contributed by atoms with E-state index in [0.717, 1.165) is 24.9 Å². The summed E-state index contributed by atoms with van der Waals surface area (Å²) in [5.41, 5.74) is 0.815.